The van der Waals surface area contributed by atoms with Gasteiger partial charge in [0, 0.05) is 65.7 Å². The average molecular weight is 432 g/mol. The Kier molecular flexibility index (Phi) is 8.02. The Balaban J connectivity index is 0.000000396. The number of likely N-dealkylation sites (tertiary alicyclic amines) is 2. The highest BCUT2D eigenvalue weighted by Crippen LogP contribution is 2.33. The number of piperidine rings is 1. The van der Waals surface area contributed by atoms with E-state index in [1.807, 2.05) is 31.3 Å². The fraction of sp³-hybridized carbons (Fsp3) is 0.632. The summed E-state index contributed by atoms with van der Waals surface area (Å²) >= 11 is 0. The van der Waals surface area contributed by atoms with Crippen molar-refractivity contribution >= 4 is 12.0 Å². The summed E-state index contributed by atoms with van der Waals surface area (Å²) in [5, 5.41) is 7.12. The molecule has 2 aliphatic rings. The van der Waals surface area contributed by atoms with Crippen molar-refractivity contribution in [3.63, 3.8) is 0 Å². The van der Waals surface area contributed by atoms with Crippen molar-refractivity contribution in [2.75, 3.05) is 40.8 Å². The molecular formula is C19H27F3N4O4. The van der Waals surface area contributed by atoms with Crippen molar-refractivity contribution in [3.05, 3.63) is 30.1 Å². The molecule has 30 heavy (non-hydrogen) atoms. The highest BCUT2D eigenvalue weighted by atomic mass is 19.4. The van der Waals surface area contributed by atoms with E-state index < -0.39 is 12.1 Å². The van der Waals surface area contributed by atoms with Crippen molar-refractivity contribution in [1.82, 2.24) is 19.7 Å². The molecule has 3 atom stereocenters. The van der Waals surface area contributed by atoms with Crippen molar-refractivity contribution in [2.24, 2.45) is 5.92 Å². The molecule has 2 saturated heterocycles. The molecule has 0 spiro atoms. The van der Waals surface area contributed by atoms with Crippen LogP contribution in [0.2, 0.25) is 0 Å². The van der Waals surface area contributed by atoms with Gasteiger partial charge >= 0.3 is 18.2 Å². The zero-order valence-electron chi connectivity index (χ0n) is 17.2. The molecule has 8 nitrogen and oxygen atoms in total. The van der Waals surface area contributed by atoms with Crippen LogP contribution >= 0.6 is 0 Å². The Morgan fingerprint density at radius 1 is 1.33 bits per heavy atom. The van der Waals surface area contributed by atoms with Crippen LogP contribution in [0.5, 0.6) is 0 Å². The van der Waals surface area contributed by atoms with Gasteiger partial charge in [0.25, 0.3) is 0 Å². The molecule has 2 amide bonds. The third-order valence-corrected chi connectivity index (χ3v) is 5.24. The summed E-state index contributed by atoms with van der Waals surface area (Å²) in [6, 6.07) is 4.42. The maximum Gasteiger partial charge on any atom is 0.490 e. The van der Waals surface area contributed by atoms with E-state index in [9.17, 15) is 18.0 Å². The molecule has 0 aromatic carbocycles. The summed E-state index contributed by atoms with van der Waals surface area (Å²) in [6.07, 6.45) is -0.215. The molecule has 1 aromatic rings. The minimum absolute atomic E-state index is 0.109. The normalized spacial score (nSPS) is 23.9. The summed E-state index contributed by atoms with van der Waals surface area (Å²) in [4.78, 5) is 31.7. The number of carbonyl (C=O) groups excluding carboxylic acids is 1. The summed E-state index contributed by atoms with van der Waals surface area (Å²) in [5.41, 5.74) is 1.21. The number of carboxylic acids is 1. The number of halogens is 3. The number of alkyl halides is 3. The number of hydrogen-bond donors (Lipinski definition) is 1. The Morgan fingerprint density at radius 3 is 2.50 bits per heavy atom. The van der Waals surface area contributed by atoms with Gasteiger partial charge in [-0.2, -0.15) is 13.2 Å². The average Bonchev–Trinajstić information content (AvgIpc) is 3.10. The lowest BCUT2D eigenvalue weighted by Gasteiger charge is -2.42. The number of hydrogen-bond acceptors (Lipinski definition) is 5. The lowest BCUT2D eigenvalue weighted by molar-refractivity contribution is -0.192. The van der Waals surface area contributed by atoms with Crippen molar-refractivity contribution in [3.8, 4) is 0 Å². The fourth-order valence-corrected chi connectivity index (χ4v) is 3.90. The number of rotatable bonds is 3. The second-order valence-corrected chi connectivity index (χ2v) is 7.52. The van der Waals surface area contributed by atoms with E-state index in [4.69, 9.17) is 14.6 Å². The molecule has 1 N–H and O–H groups in total. The number of ether oxygens (including phenoxy) is 1. The van der Waals surface area contributed by atoms with E-state index in [0.29, 0.717) is 5.92 Å². The summed E-state index contributed by atoms with van der Waals surface area (Å²) in [6.45, 7) is 3.52. The number of carboxylic acid groups (broad SMARTS) is 1. The lowest BCUT2D eigenvalue weighted by atomic mass is 9.89. The van der Waals surface area contributed by atoms with Gasteiger partial charge in [0.1, 0.15) is 0 Å². The van der Waals surface area contributed by atoms with Gasteiger partial charge in [0.15, 0.2) is 0 Å². The molecule has 2 aliphatic heterocycles. The molecule has 0 radical (unpaired) electrons. The smallest absolute Gasteiger partial charge is 0.475 e. The third kappa shape index (κ3) is 6.05. The third-order valence-electron chi connectivity index (χ3n) is 5.24. The van der Waals surface area contributed by atoms with E-state index in [2.05, 4.69) is 16.0 Å². The quantitative estimate of drug-likeness (QED) is 0.786. The van der Waals surface area contributed by atoms with Gasteiger partial charge in [-0.25, -0.2) is 9.59 Å². The standard InChI is InChI=1S/C17H26N4O2.C2HF3O2/c1-19(2)17(22)21-8-6-16(23-3)14-11-20(12-15(14)21)10-13-5-4-7-18-9-13;3-2(4,5)1(6)7/h4-5,7,9,14-16H,6,8,10-12H2,1-3H3;(H,6,7)/t14-,15+,16-;/m0./s1. The molecule has 0 aliphatic carbocycles. The fourth-order valence-electron chi connectivity index (χ4n) is 3.90. The van der Waals surface area contributed by atoms with E-state index in [1.165, 1.54) is 5.56 Å². The Bertz CT molecular complexity index is 717. The number of nitrogens with zero attached hydrogens (tertiary/aromatic N) is 4. The van der Waals surface area contributed by atoms with Gasteiger partial charge in [-0.3, -0.25) is 9.88 Å². The maximum absolute atomic E-state index is 12.5. The number of carbonyl (C=O) groups is 2. The van der Waals surface area contributed by atoms with Gasteiger partial charge in [0.2, 0.25) is 0 Å². The van der Waals surface area contributed by atoms with Crippen LogP contribution in [0.3, 0.4) is 0 Å². The van der Waals surface area contributed by atoms with Crippen LogP contribution in [0.4, 0.5) is 18.0 Å². The summed E-state index contributed by atoms with van der Waals surface area (Å²) in [5.74, 6) is -2.37. The minimum atomic E-state index is -5.08. The molecule has 3 heterocycles. The van der Waals surface area contributed by atoms with Crippen molar-refractivity contribution in [2.45, 2.75) is 31.3 Å². The molecule has 0 unspecified atom stereocenters. The van der Waals surface area contributed by atoms with Crippen LogP contribution in [0.15, 0.2) is 24.5 Å². The van der Waals surface area contributed by atoms with E-state index in [-0.39, 0.29) is 18.2 Å². The molecule has 2 fully saturated rings. The highest BCUT2D eigenvalue weighted by molar-refractivity contribution is 5.74. The molecule has 1 aromatic heterocycles. The lowest BCUT2D eigenvalue weighted by Crippen LogP contribution is -2.55. The first kappa shape index (κ1) is 23.9. The number of fused-ring (bicyclic) bond motifs is 1. The summed E-state index contributed by atoms with van der Waals surface area (Å²) in [7, 11) is 5.43. The van der Waals surface area contributed by atoms with E-state index in [0.717, 1.165) is 32.6 Å². The number of urea groups is 1. The number of amides is 2. The Labute approximate surface area is 173 Å². The second kappa shape index (κ2) is 10.1. The first-order valence-electron chi connectivity index (χ1n) is 9.46. The first-order chi connectivity index (χ1) is 14.0. The molecular weight excluding hydrogens is 405 g/mol. The van der Waals surface area contributed by atoms with Gasteiger partial charge in [-0.1, -0.05) is 6.07 Å². The zero-order chi connectivity index (χ0) is 22.5. The number of pyridine rings is 1. The SMILES string of the molecule is CO[C@H]1CCN(C(=O)N(C)C)[C@@H]2CN(Cc3cccnc3)C[C@H]12.O=C(O)C(F)(F)F. The summed E-state index contributed by atoms with van der Waals surface area (Å²) < 4.78 is 37.4. The molecule has 11 heteroatoms. The monoisotopic (exact) mass is 432 g/mol. The van der Waals surface area contributed by atoms with Gasteiger partial charge < -0.3 is 19.6 Å². The minimum Gasteiger partial charge on any atom is -0.475 e. The second-order valence-electron chi connectivity index (χ2n) is 7.52. The van der Waals surface area contributed by atoms with Crippen LogP contribution < -0.4 is 0 Å². The molecule has 0 bridgehead atoms. The number of methoxy groups -OCH3 is 1. The molecule has 0 saturated carbocycles. The van der Waals surface area contributed by atoms with Gasteiger partial charge in [0.05, 0.1) is 12.1 Å². The van der Waals surface area contributed by atoms with E-state index >= 15 is 0 Å². The predicted octanol–water partition coefficient (Wildman–Crippen LogP) is 1.92. The number of aromatic nitrogens is 1. The molecule has 3 rings (SSSR count). The van der Waals surface area contributed by atoms with Crippen LogP contribution in [0.25, 0.3) is 0 Å². The Hall–Kier alpha value is -2.40. The van der Waals surface area contributed by atoms with Crippen LogP contribution in [0.1, 0.15) is 12.0 Å². The topological polar surface area (TPSA) is 86.2 Å². The van der Waals surface area contributed by atoms with Crippen LogP contribution in [-0.2, 0) is 16.1 Å². The van der Waals surface area contributed by atoms with Crippen LogP contribution in [0, 0.1) is 5.92 Å². The first-order valence-corrected chi connectivity index (χ1v) is 9.46. The number of aliphatic carboxylic acids is 1. The van der Waals surface area contributed by atoms with Crippen LogP contribution in [-0.4, -0.2) is 96.0 Å². The van der Waals surface area contributed by atoms with Gasteiger partial charge in [-0.15, -0.1) is 0 Å². The van der Waals surface area contributed by atoms with Crippen molar-refractivity contribution < 1.29 is 32.6 Å². The molecule has 168 valence electrons. The maximum atomic E-state index is 12.5. The zero-order valence-corrected chi connectivity index (χ0v) is 17.2. The van der Waals surface area contributed by atoms with E-state index in [1.54, 1.807) is 18.2 Å². The predicted molar refractivity (Wildman–Crippen MR) is 102 cm³/mol. The van der Waals surface area contributed by atoms with Gasteiger partial charge in [-0.05, 0) is 18.1 Å². The van der Waals surface area contributed by atoms with Crippen molar-refractivity contribution in [1.29, 1.82) is 0 Å². The highest BCUT2D eigenvalue weighted by Gasteiger charge is 2.46. The Morgan fingerprint density at radius 2 is 2.00 bits per heavy atom. The largest absolute Gasteiger partial charge is 0.490 e.